The van der Waals surface area contributed by atoms with Gasteiger partial charge in [-0.25, -0.2) is 0 Å². The van der Waals surface area contributed by atoms with Gasteiger partial charge in [0.2, 0.25) is 0 Å². The van der Waals surface area contributed by atoms with E-state index in [1.807, 2.05) is 7.05 Å². The van der Waals surface area contributed by atoms with Crippen molar-refractivity contribution >= 4 is 5.69 Å². The summed E-state index contributed by atoms with van der Waals surface area (Å²) < 4.78 is 5.70. The first kappa shape index (κ1) is 14.2. The molecule has 0 bridgehead atoms. The van der Waals surface area contributed by atoms with Gasteiger partial charge in [0.1, 0.15) is 5.75 Å². The van der Waals surface area contributed by atoms with Crippen LogP contribution >= 0.6 is 0 Å². The third-order valence-corrected chi connectivity index (χ3v) is 3.75. The highest BCUT2D eigenvalue weighted by Crippen LogP contribution is 2.25. The van der Waals surface area contributed by atoms with E-state index in [0.717, 1.165) is 37.8 Å². The van der Waals surface area contributed by atoms with Crippen LogP contribution in [0.4, 0.5) is 5.69 Å². The summed E-state index contributed by atoms with van der Waals surface area (Å²) in [7, 11) is 2.03. The van der Waals surface area contributed by atoms with Crippen LogP contribution in [0.2, 0.25) is 0 Å². The number of nitrogens with one attached hydrogen (secondary N) is 1. The molecular weight excluding hydrogens is 236 g/mol. The number of hydrogen-bond donors (Lipinski definition) is 1. The number of anilines is 1. The summed E-state index contributed by atoms with van der Waals surface area (Å²) in [5.74, 6) is 1.77. The van der Waals surface area contributed by atoms with Gasteiger partial charge in [-0.05, 0) is 56.6 Å². The molecule has 19 heavy (non-hydrogen) atoms. The van der Waals surface area contributed by atoms with Gasteiger partial charge in [-0.15, -0.1) is 0 Å². The molecule has 0 amide bonds. The quantitative estimate of drug-likeness (QED) is 0.765. The molecule has 1 saturated heterocycles. The van der Waals surface area contributed by atoms with Crippen molar-refractivity contribution in [1.82, 2.24) is 5.32 Å². The Morgan fingerprint density at radius 1 is 1.32 bits per heavy atom. The van der Waals surface area contributed by atoms with Crippen molar-refractivity contribution in [2.24, 2.45) is 5.92 Å². The molecule has 0 aromatic heterocycles. The second-order valence-electron chi connectivity index (χ2n) is 5.35. The van der Waals surface area contributed by atoms with E-state index in [4.69, 9.17) is 4.74 Å². The van der Waals surface area contributed by atoms with Crippen LogP contribution in [-0.4, -0.2) is 33.3 Å². The molecule has 0 aliphatic carbocycles. The number of benzene rings is 1. The summed E-state index contributed by atoms with van der Waals surface area (Å²) in [4.78, 5) is 2.47. The van der Waals surface area contributed by atoms with Crippen LogP contribution < -0.4 is 15.0 Å². The van der Waals surface area contributed by atoms with E-state index in [1.54, 1.807) is 0 Å². The zero-order valence-electron chi connectivity index (χ0n) is 12.2. The molecule has 2 rings (SSSR count). The van der Waals surface area contributed by atoms with E-state index < -0.39 is 0 Å². The van der Waals surface area contributed by atoms with Crippen LogP contribution in [0.15, 0.2) is 24.3 Å². The van der Waals surface area contributed by atoms with Crippen molar-refractivity contribution in [2.75, 3.05) is 38.2 Å². The summed E-state index contributed by atoms with van der Waals surface area (Å²) in [6.45, 7) is 6.46. The van der Waals surface area contributed by atoms with Crippen molar-refractivity contribution in [3.05, 3.63) is 24.3 Å². The molecule has 0 spiro atoms. The van der Waals surface area contributed by atoms with Gasteiger partial charge < -0.3 is 15.0 Å². The molecule has 1 unspecified atom stereocenters. The molecule has 106 valence electrons. The lowest BCUT2D eigenvalue weighted by Gasteiger charge is -2.19. The van der Waals surface area contributed by atoms with Gasteiger partial charge in [-0.2, -0.15) is 0 Å². The fourth-order valence-electron chi connectivity index (χ4n) is 2.61. The normalized spacial score (nSPS) is 18.8. The summed E-state index contributed by atoms with van der Waals surface area (Å²) in [6.07, 6.45) is 3.59. The largest absolute Gasteiger partial charge is 0.494 e. The molecule has 1 aliphatic heterocycles. The number of unbranched alkanes of at least 4 members (excludes halogenated alkanes) is 1. The molecule has 1 heterocycles. The minimum Gasteiger partial charge on any atom is -0.494 e. The summed E-state index contributed by atoms with van der Waals surface area (Å²) in [6, 6.07) is 8.55. The first-order valence-electron chi connectivity index (χ1n) is 7.46. The Morgan fingerprint density at radius 3 is 2.79 bits per heavy atom. The molecule has 1 aliphatic rings. The standard InChI is InChI=1S/C16H26N2O/c1-3-4-11-19-16-7-5-15(6-8-16)18-10-9-14(13-18)12-17-2/h5-8,14,17H,3-4,9-13H2,1-2H3. The van der Waals surface area contributed by atoms with Gasteiger partial charge in [0.15, 0.2) is 0 Å². The summed E-state index contributed by atoms with van der Waals surface area (Å²) in [5, 5.41) is 3.27. The molecule has 3 heteroatoms. The van der Waals surface area contributed by atoms with Gasteiger partial charge in [-0.1, -0.05) is 13.3 Å². The molecule has 0 saturated carbocycles. The molecule has 1 aromatic carbocycles. The van der Waals surface area contributed by atoms with Crippen LogP contribution in [0.25, 0.3) is 0 Å². The number of ether oxygens (including phenoxy) is 1. The van der Waals surface area contributed by atoms with Gasteiger partial charge in [0.25, 0.3) is 0 Å². The van der Waals surface area contributed by atoms with Crippen molar-refractivity contribution in [1.29, 1.82) is 0 Å². The maximum absolute atomic E-state index is 5.70. The molecule has 1 fully saturated rings. The van der Waals surface area contributed by atoms with Crippen LogP contribution in [-0.2, 0) is 0 Å². The van der Waals surface area contributed by atoms with E-state index in [9.17, 15) is 0 Å². The molecule has 1 atom stereocenters. The predicted octanol–water partition coefficient (Wildman–Crippen LogP) is 2.91. The van der Waals surface area contributed by atoms with Crippen molar-refractivity contribution in [3.63, 3.8) is 0 Å². The van der Waals surface area contributed by atoms with Crippen molar-refractivity contribution < 1.29 is 4.74 Å². The molecule has 1 N–H and O–H groups in total. The second-order valence-corrected chi connectivity index (χ2v) is 5.35. The molecule has 0 radical (unpaired) electrons. The van der Waals surface area contributed by atoms with Gasteiger partial charge in [-0.3, -0.25) is 0 Å². The van der Waals surface area contributed by atoms with E-state index in [1.165, 1.54) is 25.1 Å². The zero-order valence-corrected chi connectivity index (χ0v) is 12.2. The minimum absolute atomic E-state index is 0.783. The lowest BCUT2D eigenvalue weighted by Crippen LogP contribution is -2.24. The van der Waals surface area contributed by atoms with Crippen LogP contribution in [0.3, 0.4) is 0 Å². The highest BCUT2D eigenvalue weighted by atomic mass is 16.5. The second kappa shape index (κ2) is 7.39. The Labute approximate surface area is 116 Å². The summed E-state index contributed by atoms with van der Waals surface area (Å²) in [5.41, 5.74) is 1.32. The lowest BCUT2D eigenvalue weighted by molar-refractivity contribution is 0.309. The number of nitrogens with zero attached hydrogens (tertiary/aromatic N) is 1. The third kappa shape index (κ3) is 4.13. The minimum atomic E-state index is 0.783. The monoisotopic (exact) mass is 262 g/mol. The average molecular weight is 262 g/mol. The first-order chi connectivity index (χ1) is 9.33. The summed E-state index contributed by atoms with van der Waals surface area (Å²) >= 11 is 0. The first-order valence-corrected chi connectivity index (χ1v) is 7.46. The topological polar surface area (TPSA) is 24.5 Å². The lowest BCUT2D eigenvalue weighted by atomic mass is 10.1. The Morgan fingerprint density at radius 2 is 2.11 bits per heavy atom. The maximum atomic E-state index is 5.70. The van der Waals surface area contributed by atoms with E-state index in [0.29, 0.717) is 0 Å². The fourth-order valence-corrected chi connectivity index (χ4v) is 2.61. The van der Waals surface area contributed by atoms with Gasteiger partial charge >= 0.3 is 0 Å². The van der Waals surface area contributed by atoms with Crippen molar-refractivity contribution in [3.8, 4) is 5.75 Å². The highest BCUT2D eigenvalue weighted by Gasteiger charge is 2.21. The van der Waals surface area contributed by atoms with Crippen LogP contribution in [0, 0.1) is 5.92 Å². The SMILES string of the molecule is CCCCOc1ccc(N2CCC(CNC)C2)cc1. The zero-order chi connectivity index (χ0) is 13.5. The Balaban J connectivity index is 1.85. The smallest absolute Gasteiger partial charge is 0.119 e. The Hall–Kier alpha value is -1.22. The van der Waals surface area contributed by atoms with Crippen LogP contribution in [0.5, 0.6) is 5.75 Å². The number of rotatable bonds is 7. The Bertz CT molecular complexity index is 364. The van der Waals surface area contributed by atoms with E-state index in [-0.39, 0.29) is 0 Å². The average Bonchev–Trinajstić information content (AvgIpc) is 2.89. The number of hydrogen-bond acceptors (Lipinski definition) is 3. The molecular formula is C16H26N2O. The van der Waals surface area contributed by atoms with Gasteiger partial charge in [0, 0.05) is 18.8 Å². The van der Waals surface area contributed by atoms with Crippen molar-refractivity contribution in [2.45, 2.75) is 26.2 Å². The highest BCUT2D eigenvalue weighted by molar-refractivity contribution is 5.49. The van der Waals surface area contributed by atoms with E-state index in [2.05, 4.69) is 41.4 Å². The third-order valence-electron chi connectivity index (χ3n) is 3.75. The predicted molar refractivity (Wildman–Crippen MR) is 81.1 cm³/mol. The molecule has 1 aromatic rings. The molecule has 3 nitrogen and oxygen atoms in total. The van der Waals surface area contributed by atoms with E-state index >= 15 is 0 Å². The Kier molecular flexibility index (Phi) is 5.52. The fraction of sp³-hybridized carbons (Fsp3) is 0.625. The van der Waals surface area contributed by atoms with Gasteiger partial charge in [0.05, 0.1) is 6.61 Å². The maximum Gasteiger partial charge on any atom is 0.119 e. The van der Waals surface area contributed by atoms with Crippen LogP contribution in [0.1, 0.15) is 26.2 Å².